The topological polar surface area (TPSA) is 38.3 Å². The van der Waals surface area contributed by atoms with Crippen molar-refractivity contribution in [1.82, 2.24) is 0 Å². The molecule has 0 bridgehead atoms. The first-order valence-electron chi connectivity index (χ1n) is 6.25. The molecule has 0 saturated carbocycles. The molecule has 0 fully saturated rings. The maximum atomic E-state index is 13.4. The predicted molar refractivity (Wildman–Crippen MR) is 71.4 cm³/mol. The van der Waals surface area contributed by atoms with E-state index in [1.165, 1.54) is 25.1 Å². The Labute approximate surface area is 123 Å². The summed E-state index contributed by atoms with van der Waals surface area (Å²) in [6.07, 6.45) is -1.10. The fraction of sp³-hybridized carbons (Fsp3) is 0.133. The second-order valence-corrected chi connectivity index (χ2v) is 4.43. The molecule has 0 unspecified atom stereocenters. The normalized spacial score (nSPS) is 11.9. The van der Waals surface area contributed by atoms with Crippen LogP contribution in [0.1, 0.15) is 6.92 Å². The standard InChI is InChI=1S/C15H11F4NO2/c1-8(22-10-4-2-3-9(16)7-10)15(21)20-12-6-5-11(17)13(18)14(12)19/h2-8H,1H3,(H,20,21)/t8-/m0/s1. The maximum absolute atomic E-state index is 13.4. The van der Waals surface area contributed by atoms with Gasteiger partial charge in [-0.1, -0.05) is 6.07 Å². The lowest BCUT2D eigenvalue weighted by atomic mass is 10.2. The average Bonchev–Trinajstić information content (AvgIpc) is 2.47. The molecule has 0 aromatic heterocycles. The van der Waals surface area contributed by atoms with Gasteiger partial charge < -0.3 is 10.1 Å². The van der Waals surface area contributed by atoms with Crippen LogP contribution >= 0.6 is 0 Å². The summed E-state index contributed by atoms with van der Waals surface area (Å²) in [6.45, 7) is 1.35. The van der Waals surface area contributed by atoms with Gasteiger partial charge in [0.25, 0.3) is 5.91 Å². The van der Waals surface area contributed by atoms with E-state index in [1.807, 2.05) is 0 Å². The number of carbonyl (C=O) groups excluding carboxylic acids is 1. The summed E-state index contributed by atoms with van der Waals surface area (Å²) in [7, 11) is 0. The number of nitrogens with one attached hydrogen (secondary N) is 1. The van der Waals surface area contributed by atoms with Crippen LogP contribution in [0.4, 0.5) is 23.2 Å². The summed E-state index contributed by atoms with van der Waals surface area (Å²) >= 11 is 0. The van der Waals surface area contributed by atoms with E-state index in [0.29, 0.717) is 6.07 Å². The molecule has 2 rings (SSSR count). The van der Waals surface area contributed by atoms with Crippen molar-refractivity contribution in [3.8, 4) is 5.75 Å². The van der Waals surface area contributed by atoms with Gasteiger partial charge in [-0.3, -0.25) is 4.79 Å². The summed E-state index contributed by atoms with van der Waals surface area (Å²) in [5.74, 6) is -5.79. The minimum Gasteiger partial charge on any atom is -0.481 e. The van der Waals surface area contributed by atoms with Crippen molar-refractivity contribution >= 4 is 11.6 Å². The van der Waals surface area contributed by atoms with Crippen LogP contribution in [-0.2, 0) is 4.79 Å². The Bertz CT molecular complexity index is 706. The first-order valence-corrected chi connectivity index (χ1v) is 6.25. The van der Waals surface area contributed by atoms with Gasteiger partial charge >= 0.3 is 0 Å². The summed E-state index contributed by atoms with van der Waals surface area (Å²) in [6, 6.07) is 6.68. The highest BCUT2D eigenvalue weighted by molar-refractivity contribution is 5.94. The van der Waals surface area contributed by atoms with Gasteiger partial charge in [0.1, 0.15) is 11.6 Å². The van der Waals surface area contributed by atoms with E-state index in [-0.39, 0.29) is 5.75 Å². The minimum atomic E-state index is -1.68. The third-order valence-corrected chi connectivity index (χ3v) is 2.77. The molecular weight excluding hydrogens is 302 g/mol. The number of benzene rings is 2. The highest BCUT2D eigenvalue weighted by atomic mass is 19.2. The molecule has 1 N–H and O–H groups in total. The van der Waals surface area contributed by atoms with Crippen LogP contribution in [0.25, 0.3) is 0 Å². The summed E-state index contributed by atoms with van der Waals surface area (Å²) < 4.78 is 57.5. The van der Waals surface area contributed by atoms with Crippen LogP contribution in [0.3, 0.4) is 0 Å². The Morgan fingerprint density at radius 3 is 2.50 bits per heavy atom. The lowest BCUT2D eigenvalue weighted by Gasteiger charge is -2.15. The lowest BCUT2D eigenvalue weighted by molar-refractivity contribution is -0.122. The minimum absolute atomic E-state index is 0.105. The quantitative estimate of drug-likeness (QED) is 0.691. The molecule has 2 aromatic carbocycles. The molecule has 0 spiro atoms. The van der Waals surface area contributed by atoms with Gasteiger partial charge in [-0.15, -0.1) is 0 Å². The molecule has 7 heteroatoms. The van der Waals surface area contributed by atoms with Gasteiger partial charge in [-0.05, 0) is 31.2 Å². The molecule has 0 aliphatic heterocycles. The smallest absolute Gasteiger partial charge is 0.265 e. The SMILES string of the molecule is C[C@H](Oc1cccc(F)c1)C(=O)Nc1ccc(F)c(F)c1F. The molecule has 22 heavy (non-hydrogen) atoms. The van der Waals surface area contributed by atoms with Gasteiger partial charge in [0, 0.05) is 6.07 Å². The van der Waals surface area contributed by atoms with Gasteiger partial charge in [-0.2, -0.15) is 0 Å². The number of amides is 1. The number of rotatable bonds is 4. The largest absolute Gasteiger partial charge is 0.481 e. The zero-order chi connectivity index (χ0) is 16.3. The molecule has 0 aliphatic rings. The first kappa shape index (κ1) is 15.8. The zero-order valence-electron chi connectivity index (χ0n) is 11.4. The van der Waals surface area contributed by atoms with E-state index >= 15 is 0 Å². The molecule has 2 aromatic rings. The van der Waals surface area contributed by atoms with Gasteiger partial charge in [0.15, 0.2) is 23.6 Å². The molecule has 0 aliphatic carbocycles. The third kappa shape index (κ3) is 3.55. The molecule has 116 valence electrons. The number of carbonyl (C=O) groups is 1. The van der Waals surface area contributed by atoms with E-state index in [4.69, 9.17) is 4.74 Å². The average molecular weight is 313 g/mol. The van der Waals surface area contributed by atoms with Crippen molar-refractivity contribution < 1.29 is 27.1 Å². The predicted octanol–water partition coefficient (Wildman–Crippen LogP) is 3.65. The lowest BCUT2D eigenvalue weighted by Crippen LogP contribution is -2.30. The second-order valence-electron chi connectivity index (χ2n) is 4.43. The van der Waals surface area contributed by atoms with Crippen molar-refractivity contribution in [2.24, 2.45) is 0 Å². The van der Waals surface area contributed by atoms with Crippen LogP contribution in [-0.4, -0.2) is 12.0 Å². The summed E-state index contributed by atoms with van der Waals surface area (Å²) in [5, 5.41) is 2.07. The molecule has 0 radical (unpaired) electrons. The van der Waals surface area contributed by atoms with Crippen LogP contribution in [0, 0.1) is 23.3 Å². The fourth-order valence-electron chi connectivity index (χ4n) is 1.65. The first-order chi connectivity index (χ1) is 10.4. The second kappa shape index (κ2) is 6.46. The van der Waals surface area contributed by atoms with Crippen LogP contribution < -0.4 is 10.1 Å². The van der Waals surface area contributed by atoms with E-state index < -0.39 is 41.0 Å². The highest BCUT2D eigenvalue weighted by Gasteiger charge is 2.19. The molecule has 1 atom stereocenters. The molecule has 1 amide bonds. The molecular formula is C15H11F4NO2. The number of ether oxygens (including phenoxy) is 1. The fourth-order valence-corrected chi connectivity index (χ4v) is 1.65. The maximum Gasteiger partial charge on any atom is 0.265 e. The van der Waals surface area contributed by atoms with E-state index in [1.54, 1.807) is 0 Å². The number of halogens is 4. The van der Waals surface area contributed by atoms with Crippen LogP contribution in [0.2, 0.25) is 0 Å². The van der Waals surface area contributed by atoms with Crippen molar-refractivity contribution in [1.29, 1.82) is 0 Å². The van der Waals surface area contributed by atoms with Crippen molar-refractivity contribution in [2.45, 2.75) is 13.0 Å². The van der Waals surface area contributed by atoms with E-state index in [9.17, 15) is 22.4 Å². The van der Waals surface area contributed by atoms with Crippen molar-refractivity contribution in [2.75, 3.05) is 5.32 Å². The number of hydrogen-bond acceptors (Lipinski definition) is 2. The summed E-state index contributed by atoms with van der Waals surface area (Å²) in [4.78, 5) is 11.8. The van der Waals surface area contributed by atoms with Gasteiger partial charge in [0.2, 0.25) is 0 Å². The number of anilines is 1. The Kier molecular flexibility index (Phi) is 4.65. The van der Waals surface area contributed by atoms with Gasteiger partial charge in [0.05, 0.1) is 5.69 Å². The summed E-state index contributed by atoms with van der Waals surface area (Å²) in [5.41, 5.74) is -0.515. The highest BCUT2D eigenvalue weighted by Crippen LogP contribution is 2.20. The van der Waals surface area contributed by atoms with Gasteiger partial charge in [-0.25, -0.2) is 17.6 Å². The Balaban J connectivity index is 2.07. The zero-order valence-corrected chi connectivity index (χ0v) is 11.4. The molecule has 0 saturated heterocycles. The van der Waals surface area contributed by atoms with E-state index in [2.05, 4.69) is 5.32 Å². The van der Waals surface area contributed by atoms with Crippen molar-refractivity contribution in [3.05, 3.63) is 59.7 Å². The molecule has 3 nitrogen and oxygen atoms in total. The van der Waals surface area contributed by atoms with Crippen molar-refractivity contribution in [3.63, 3.8) is 0 Å². The Hall–Kier alpha value is -2.57. The van der Waals surface area contributed by atoms with Crippen LogP contribution in [0.5, 0.6) is 5.75 Å². The van der Waals surface area contributed by atoms with Crippen LogP contribution in [0.15, 0.2) is 36.4 Å². The molecule has 0 heterocycles. The van der Waals surface area contributed by atoms with E-state index in [0.717, 1.165) is 12.1 Å². The Morgan fingerprint density at radius 1 is 1.09 bits per heavy atom. The third-order valence-electron chi connectivity index (χ3n) is 2.77. The monoisotopic (exact) mass is 313 g/mol. The number of hydrogen-bond donors (Lipinski definition) is 1. The Morgan fingerprint density at radius 2 is 1.82 bits per heavy atom.